The second kappa shape index (κ2) is 12.4. The Morgan fingerprint density at radius 2 is 2.03 bits per heavy atom. The number of rotatable bonds is 10. The monoisotopic (exact) mass is 442 g/mol. The summed E-state index contributed by atoms with van der Waals surface area (Å²) in [7, 11) is 0. The van der Waals surface area contributed by atoms with Crippen molar-refractivity contribution in [2.45, 2.75) is 84.5 Å². The molecule has 6 N–H and O–H groups in total. The maximum Gasteiger partial charge on any atom is 0.308 e. The van der Waals surface area contributed by atoms with Gasteiger partial charge in [-0.15, -0.1) is 0 Å². The molecule has 2 aliphatic carbocycles. The molecule has 0 radical (unpaired) electrons. The average molecular weight is 443 g/mol. The van der Waals surface area contributed by atoms with Crippen molar-refractivity contribution in [2.75, 3.05) is 0 Å². The lowest BCUT2D eigenvalue weighted by Gasteiger charge is -2.43. The number of esters is 1. The maximum absolute atomic E-state index is 12.8. The second-order valence-electron chi connectivity index (χ2n) is 8.92. The Morgan fingerprint density at radius 3 is 2.65 bits per heavy atom. The zero-order valence-corrected chi connectivity index (χ0v) is 19.1. The third-order valence-corrected chi connectivity index (χ3v) is 6.34. The quantitative estimate of drug-likeness (QED) is 0.444. The fourth-order valence-corrected chi connectivity index (χ4v) is 4.71. The number of aliphatic hydroxyl groups is 2. The van der Waals surface area contributed by atoms with Crippen molar-refractivity contribution < 1.29 is 33.8 Å². The lowest BCUT2D eigenvalue weighted by Crippen LogP contribution is -2.41. The van der Waals surface area contributed by atoms with E-state index in [0.717, 1.165) is 5.57 Å². The SMILES string of the molecule is [2H]C([2H])([2H])[C@@H](CC)C(=O)O[C@H]1C[C@@H](C)C=C2C=C[C@H](C)[C@H](CC[C@@H](O)C[C@@H](O)CC(=O)[O-])[C@H]21.[NH4+]. The minimum absolute atomic E-state index is 0. The fraction of sp³-hybridized carbons (Fsp3) is 0.750. The number of carbonyl (C=O) groups is 2. The van der Waals surface area contributed by atoms with Gasteiger partial charge < -0.3 is 31.0 Å². The van der Waals surface area contributed by atoms with Gasteiger partial charge in [0.15, 0.2) is 0 Å². The van der Waals surface area contributed by atoms with Gasteiger partial charge in [0.05, 0.1) is 18.1 Å². The van der Waals surface area contributed by atoms with Crippen molar-refractivity contribution in [1.29, 1.82) is 0 Å². The number of carbonyl (C=O) groups excluding carboxylic acids is 2. The van der Waals surface area contributed by atoms with Gasteiger partial charge in [-0.25, -0.2) is 0 Å². The van der Waals surface area contributed by atoms with Gasteiger partial charge >= 0.3 is 5.97 Å². The first-order chi connectivity index (χ1) is 15.3. The summed E-state index contributed by atoms with van der Waals surface area (Å²) in [6.45, 7) is 3.34. The number of allylic oxidation sites excluding steroid dienone is 3. The van der Waals surface area contributed by atoms with Crippen LogP contribution in [-0.4, -0.2) is 40.5 Å². The Bertz CT molecular complexity index is 753. The molecule has 0 unspecified atom stereocenters. The van der Waals surface area contributed by atoms with E-state index in [0.29, 0.717) is 19.3 Å². The molecule has 7 heteroatoms. The first-order valence-electron chi connectivity index (χ1n) is 12.5. The van der Waals surface area contributed by atoms with Crippen LogP contribution in [0.3, 0.4) is 0 Å². The van der Waals surface area contributed by atoms with Crippen LogP contribution in [0.15, 0.2) is 23.8 Å². The molecular weight excluding hydrogens is 398 g/mol. The van der Waals surface area contributed by atoms with Gasteiger partial charge in [-0.1, -0.05) is 45.9 Å². The predicted molar refractivity (Wildman–Crippen MR) is 118 cm³/mol. The lowest BCUT2D eigenvalue weighted by atomic mass is 9.65. The van der Waals surface area contributed by atoms with E-state index in [2.05, 4.69) is 19.1 Å². The number of ether oxygens (including phenoxy) is 1. The molecule has 0 saturated heterocycles. The van der Waals surface area contributed by atoms with Gasteiger partial charge in [-0.3, -0.25) is 4.79 Å². The van der Waals surface area contributed by atoms with Crippen LogP contribution in [0.2, 0.25) is 0 Å². The van der Waals surface area contributed by atoms with Gasteiger partial charge in [-0.05, 0) is 55.4 Å². The van der Waals surface area contributed by atoms with Crippen LogP contribution in [0.1, 0.15) is 70.3 Å². The number of hydrogen-bond donors (Lipinski definition) is 3. The molecule has 31 heavy (non-hydrogen) atoms. The van der Waals surface area contributed by atoms with E-state index >= 15 is 0 Å². The molecule has 2 aliphatic rings. The van der Waals surface area contributed by atoms with Crippen molar-refractivity contribution in [3.63, 3.8) is 0 Å². The smallest absolute Gasteiger partial charge is 0.308 e. The number of fused-ring (bicyclic) bond motifs is 1. The van der Waals surface area contributed by atoms with Gasteiger partial charge in [0.25, 0.3) is 0 Å². The molecule has 8 atom stereocenters. The van der Waals surface area contributed by atoms with Crippen molar-refractivity contribution in [2.24, 2.45) is 29.6 Å². The Hall–Kier alpha value is -1.70. The first kappa shape index (κ1) is 22.5. The molecule has 0 aromatic heterocycles. The summed E-state index contributed by atoms with van der Waals surface area (Å²) in [4.78, 5) is 23.4. The van der Waals surface area contributed by atoms with E-state index in [1.165, 1.54) is 0 Å². The van der Waals surface area contributed by atoms with Crippen molar-refractivity contribution in [1.82, 2.24) is 6.15 Å². The van der Waals surface area contributed by atoms with Crippen molar-refractivity contribution >= 4 is 11.9 Å². The summed E-state index contributed by atoms with van der Waals surface area (Å²) in [5.41, 5.74) is 1.06. The number of aliphatic hydroxyl groups excluding tert-OH is 2. The normalized spacial score (nSPS) is 32.1. The second-order valence-corrected chi connectivity index (χ2v) is 8.92. The van der Waals surface area contributed by atoms with Gasteiger partial charge in [-0.2, -0.15) is 0 Å². The summed E-state index contributed by atoms with van der Waals surface area (Å²) in [6.07, 6.45) is 4.96. The summed E-state index contributed by atoms with van der Waals surface area (Å²) < 4.78 is 28.8. The van der Waals surface area contributed by atoms with Crippen LogP contribution in [0, 0.1) is 29.6 Å². The molecule has 2 rings (SSSR count). The largest absolute Gasteiger partial charge is 0.550 e. The van der Waals surface area contributed by atoms with Crippen LogP contribution in [0.5, 0.6) is 0 Å². The molecule has 0 aliphatic heterocycles. The number of quaternary nitrogens is 1. The fourth-order valence-electron chi connectivity index (χ4n) is 4.71. The number of carboxylic acids is 1. The third kappa shape index (κ3) is 7.74. The first-order valence-corrected chi connectivity index (χ1v) is 11.0. The summed E-state index contributed by atoms with van der Waals surface area (Å²) in [6, 6.07) is 0. The zero-order valence-electron chi connectivity index (χ0n) is 22.1. The van der Waals surface area contributed by atoms with Crippen molar-refractivity contribution in [3.8, 4) is 0 Å². The Labute approximate surface area is 190 Å². The maximum atomic E-state index is 12.8. The van der Waals surface area contributed by atoms with Gasteiger partial charge in [0, 0.05) is 22.4 Å². The van der Waals surface area contributed by atoms with E-state index in [1.54, 1.807) is 6.92 Å². The number of aliphatic carboxylic acids is 1. The minimum Gasteiger partial charge on any atom is -0.550 e. The molecule has 0 saturated carbocycles. The topological polar surface area (TPSA) is 143 Å². The summed E-state index contributed by atoms with van der Waals surface area (Å²) >= 11 is 0. The van der Waals surface area contributed by atoms with Gasteiger partial charge in [0.1, 0.15) is 6.10 Å². The molecule has 178 valence electrons. The number of carboxylic acid groups (broad SMARTS) is 1. The van der Waals surface area contributed by atoms with Crippen LogP contribution in [0.25, 0.3) is 0 Å². The molecule has 0 heterocycles. The minimum atomic E-state index is -2.42. The lowest BCUT2D eigenvalue weighted by molar-refractivity contribution is -0.307. The summed E-state index contributed by atoms with van der Waals surface area (Å²) in [5.74, 6) is -2.96. The average Bonchev–Trinajstić information content (AvgIpc) is 2.65. The highest BCUT2D eigenvalue weighted by Crippen LogP contribution is 2.45. The van der Waals surface area contributed by atoms with E-state index in [9.17, 15) is 24.9 Å². The van der Waals surface area contributed by atoms with E-state index < -0.39 is 49.4 Å². The highest BCUT2D eigenvalue weighted by Gasteiger charge is 2.41. The van der Waals surface area contributed by atoms with Crippen molar-refractivity contribution in [3.05, 3.63) is 23.8 Å². The molecular formula is C24H41NO6. The molecule has 0 bridgehead atoms. The van der Waals surface area contributed by atoms with Gasteiger partial charge in [0.2, 0.25) is 0 Å². The molecule has 0 aromatic carbocycles. The predicted octanol–water partition coefficient (Wildman–Crippen LogP) is 2.76. The highest BCUT2D eigenvalue weighted by atomic mass is 16.5. The molecule has 0 aromatic rings. The highest BCUT2D eigenvalue weighted by molar-refractivity contribution is 5.72. The third-order valence-electron chi connectivity index (χ3n) is 6.34. The summed E-state index contributed by atoms with van der Waals surface area (Å²) in [5, 5.41) is 30.7. The Balaban J connectivity index is 0.00000578. The van der Waals surface area contributed by atoms with E-state index in [1.807, 2.05) is 13.0 Å². The Morgan fingerprint density at radius 1 is 1.32 bits per heavy atom. The van der Waals surface area contributed by atoms with Crippen LogP contribution >= 0.6 is 0 Å². The molecule has 7 nitrogen and oxygen atoms in total. The van der Waals surface area contributed by atoms with Crippen LogP contribution in [-0.2, 0) is 14.3 Å². The van der Waals surface area contributed by atoms with Crippen LogP contribution in [0.4, 0.5) is 0 Å². The molecule has 0 fully saturated rings. The van der Waals surface area contributed by atoms with Crippen LogP contribution < -0.4 is 11.3 Å². The van der Waals surface area contributed by atoms with E-state index in [4.69, 9.17) is 8.85 Å². The van der Waals surface area contributed by atoms with E-state index in [-0.39, 0.29) is 42.7 Å². The molecule has 0 amide bonds. The number of hydrogen-bond acceptors (Lipinski definition) is 6. The standard InChI is InChI=1S/C24H38O6.H3N/c1-5-15(3)24(29)30-21-11-14(2)10-17-7-6-16(4)20(23(17)21)9-8-18(25)12-19(26)13-22(27)28;/h6-7,10,14-16,18-21,23,25-26H,5,8-9,11-13H2,1-4H3,(H,27,28);1H3/t14-,15-,16-,18+,19+,20-,21-,23-;/m0./s1/i3D3;. The Kier molecular flexibility index (Phi) is 8.97. The molecule has 0 spiro atoms. The zero-order chi connectivity index (χ0) is 24.9.